The second kappa shape index (κ2) is 6.89. The van der Waals surface area contributed by atoms with Gasteiger partial charge in [0.1, 0.15) is 0 Å². The number of benzene rings is 2. The Balaban J connectivity index is 1.51. The van der Waals surface area contributed by atoms with E-state index in [-0.39, 0.29) is 11.9 Å². The number of fused-ring (bicyclic) bond motifs is 1. The summed E-state index contributed by atoms with van der Waals surface area (Å²) in [7, 11) is 1.95. The smallest absolute Gasteiger partial charge is 0.264 e. The van der Waals surface area contributed by atoms with Crippen LogP contribution in [0.1, 0.15) is 22.5 Å². The standard InChI is InChI=1S/C21H22N2OS/c1-22(21(24)20-14-16-8-5-6-12-19(16)25-20)18-11-7-13-23(15-18)17-9-3-2-4-10-17/h2-6,8-10,12,14,18H,7,11,13,15H2,1H3. The molecule has 128 valence electrons. The van der Waals surface area contributed by atoms with Crippen LogP contribution in [0.25, 0.3) is 10.1 Å². The number of rotatable bonds is 3. The molecule has 4 heteroatoms. The zero-order chi connectivity index (χ0) is 17.2. The average Bonchev–Trinajstić information content (AvgIpc) is 3.12. The predicted molar refractivity (Wildman–Crippen MR) is 106 cm³/mol. The van der Waals surface area contributed by atoms with Crippen LogP contribution in [0, 0.1) is 0 Å². The van der Waals surface area contributed by atoms with Gasteiger partial charge in [-0.1, -0.05) is 36.4 Å². The molecule has 1 atom stereocenters. The van der Waals surface area contributed by atoms with Crippen LogP contribution in [0.2, 0.25) is 0 Å². The van der Waals surface area contributed by atoms with Gasteiger partial charge in [-0.3, -0.25) is 4.79 Å². The number of likely N-dealkylation sites (N-methyl/N-ethyl adjacent to an activating group) is 1. The van der Waals surface area contributed by atoms with E-state index in [4.69, 9.17) is 0 Å². The molecule has 0 aliphatic carbocycles. The van der Waals surface area contributed by atoms with E-state index >= 15 is 0 Å². The highest BCUT2D eigenvalue weighted by Gasteiger charge is 2.27. The minimum absolute atomic E-state index is 0.140. The molecule has 1 aromatic heterocycles. The molecule has 1 amide bonds. The lowest BCUT2D eigenvalue weighted by atomic mass is 10.0. The van der Waals surface area contributed by atoms with Crippen molar-refractivity contribution < 1.29 is 4.79 Å². The van der Waals surface area contributed by atoms with Crippen LogP contribution < -0.4 is 4.90 Å². The molecule has 0 bridgehead atoms. The summed E-state index contributed by atoms with van der Waals surface area (Å²) in [5, 5.41) is 1.15. The van der Waals surface area contributed by atoms with Gasteiger partial charge in [-0.15, -0.1) is 11.3 Å². The van der Waals surface area contributed by atoms with E-state index in [2.05, 4.69) is 41.3 Å². The summed E-state index contributed by atoms with van der Waals surface area (Å²) in [6.07, 6.45) is 2.18. The number of carbonyl (C=O) groups is 1. The molecule has 1 aliphatic heterocycles. The fourth-order valence-corrected chi connectivity index (χ4v) is 4.62. The first-order chi connectivity index (χ1) is 12.2. The largest absolute Gasteiger partial charge is 0.369 e. The first kappa shape index (κ1) is 16.2. The van der Waals surface area contributed by atoms with Gasteiger partial charge in [0.25, 0.3) is 5.91 Å². The highest BCUT2D eigenvalue weighted by Crippen LogP contribution is 2.28. The molecule has 1 aliphatic rings. The molecule has 0 radical (unpaired) electrons. The molecule has 0 spiro atoms. The van der Waals surface area contributed by atoms with E-state index in [1.165, 1.54) is 10.4 Å². The monoisotopic (exact) mass is 350 g/mol. The molecule has 2 aromatic carbocycles. The van der Waals surface area contributed by atoms with Gasteiger partial charge in [0, 0.05) is 36.6 Å². The van der Waals surface area contributed by atoms with E-state index < -0.39 is 0 Å². The van der Waals surface area contributed by atoms with Gasteiger partial charge in [0.05, 0.1) is 4.88 Å². The van der Waals surface area contributed by atoms with Gasteiger partial charge in [0.15, 0.2) is 0 Å². The van der Waals surface area contributed by atoms with Crippen LogP contribution in [-0.2, 0) is 0 Å². The lowest BCUT2D eigenvalue weighted by molar-refractivity contribution is 0.0722. The zero-order valence-electron chi connectivity index (χ0n) is 14.4. The lowest BCUT2D eigenvalue weighted by Gasteiger charge is -2.38. The van der Waals surface area contributed by atoms with Crippen LogP contribution in [-0.4, -0.2) is 37.0 Å². The summed E-state index contributed by atoms with van der Waals surface area (Å²) in [6.45, 7) is 1.96. The fourth-order valence-electron chi connectivity index (χ4n) is 3.57. The molecule has 2 heterocycles. The maximum atomic E-state index is 13.0. The average molecular weight is 350 g/mol. The zero-order valence-corrected chi connectivity index (χ0v) is 15.2. The number of hydrogen-bond acceptors (Lipinski definition) is 3. The maximum Gasteiger partial charge on any atom is 0.264 e. The van der Waals surface area contributed by atoms with Crippen molar-refractivity contribution in [3.8, 4) is 0 Å². The minimum atomic E-state index is 0.140. The molecule has 3 aromatic rings. The van der Waals surface area contributed by atoms with Crippen molar-refractivity contribution in [1.82, 2.24) is 4.90 Å². The van der Waals surface area contributed by atoms with Gasteiger partial charge in [-0.2, -0.15) is 0 Å². The van der Waals surface area contributed by atoms with Crippen LogP contribution in [0.5, 0.6) is 0 Å². The minimum Gasteiger partial charge on any atom is -0.369 e. The quantitative estimate of drug-likeness (QED) is 0.687. The molecular formula is C21H22N2OS. The van der Waals surface area contributed by atoms with Gasteiger partial charge in [-0.05, 0) is 42.5 Å². The van der Waals surface area contributed by atoms with Gasteiger partial charge in [-0.25, -0.2) is 0 Å². The van der Waals surface area contributed by atoms with Crippen LogP contribution >= 0.6 is 11.3 Å². The Kier molecular flexibility index (Phi) is 4.45. The van der Waals surface area contributed by atoms with Crippen molar-refractivity contribution in [3.63, 3.8) is 0 Å². The van der Waals surface area contributed by atoms with E-state index in [1.54, 1.807) is 11.3 Å². The lowest BCUT2D eigenvalue weighted by Crippen LogP contribution is -2.48. The van der Waals surface area contributed by atoms with Gasteiger partial charge in [0.2, 0.25) is 0 Å². The summed E-state index contributed by atoms with van der Waals surface area (Å²) < 4.78 is 1.17. The first-order valence-corrected chi connectivity index (χ1v) is 9.60. The Morgan fingerprint density at radius 3 is 2.68 bits per heavy atom. The number of anilines is 1. The normalized spacial score (nSPS) is 17.6. The third kappa shape index (κ3) is 3.27. The van der Waals surface area contributed by atoms with Gasteiger partial charge < -0.3 is 9.80 Å². The highest BCUT2D eigenvalue weighted by atomic mass is 32.1. The Morgan fingerprint density at radius 1 is 1.12 bits per heavy atom. The van der Waals surface area contributed by atoms with Crippen molar-refractivity contribution >= 4 is 33.0 Å². The van der Waals surface area contributed by atoms with Crippen molar-refractivity contribution in [2.45, 2.75) is 18.9 Å². The molecule has 4 rings (SSSR count). The molecule has 0 saturated carbocycles. The Bertz CT molecular complexity index is 841. The van der Waals surface area contributed by atoms with Gasteiger partial charge >= 0.3 is 0 Å². The summed E-state index contributed by atoms with van der Waals surface area (Å²) in [6, 6.07) is 21.0. The van der Waals surface area contributed by atoms with E-state index in [0.717, 1.165) is 36.2 Å². The fraction of sp³-hybridized carbons (Fsp3) is 0.286. The Morgan fingerprint density at radius 2 is 1.88 bits per heavy atom. The van der Waals surface area contributed by atoms with Crippen molar-refractivity contribution in [2.24, 2.45) is 0 Å². The third-order valence-corrected chi connectivity index (χ3v) is 6.13. The van der Waals surface area contributed by atoms with Crippen LogP contribution in [0.4, 0.5) is 5.69 Å². The molecular weight excluding hydrogens is 328 g/mol. The third-order valence-electron chi connectivity index (χ3n) is 5.02. The predicted octanol–water partition coefficient (Wildman–Crippen LogP) is 4.64. The highest BCUT2D eigenvalue weighted by molar-refractivity contribution is 7.20. The number of nitrogens with zero attached hydrogens (tertiary/aromatic N) is 2. The molecule has 0 N–H and O–H groups in total. The SMILES string of the molecule is CN(C(=O)c1cc2ccccc2s1)C1CCCN(c2ccccc2)C1. The summed E-state index contributed by atoms with van der Waals surface area (Å²) in [4.78, 5) is 18.1. The number of piperidine rings is 1. The second-order valence-corrected chi connectivity index (χ2v) is 7.73. The van der Waals surface area contributed by atoms with Crippen molar-refractivity contribution in [1.29, 1.82) is 0 Å². The summed E-state index contributed by atoms with van der Waals surface area (Å²) in [5.41, 5.74) is 1.25. The number of hydrogen-bond donors (Lipinski definition) is 0. The van der Waals surface area contributed by atoms with Crippen molar-refractivity contribution in [2.75, 3.05) is 25.0 Å². The Hall–Kier alpha value is -2.33. The molecule has 25 heavy (non-hydrogen) atoms. The molecule has 1 fully saturated rings. The number of para-hydroxylation sites is 1. The first-order valence-electron chi connectivity index (χ1n) is 8.78. The summed E-state index contributed by atoms with van der Waals surface area (Å²) in [5.74, 6) is 0.140. The van der Waals surface area contributed by atoms with Crippen LogP contribution in [0.3, 0.4) is 0 Å². The topological polar surface area (TPSA) is 23.6 Å². The number of thiophene rings is 1. The molecule has 3 nitrogen and oxygen atoms in total. The van der Waals surface area contributed by atoms with Crippen LogP contribution in [0.15, 0.2) is 60.7 Å². The Labute approximate surface area is 152 Å². The van der Waals surface area contributed by atoms with E-state index in [1.807, 2.05) is 36.2 Å². The van der Waals surface area contributed by atoms with E-state index in [0.29, 0.717) is 0 Å². The number of amides is 1. The second-order valence-electron chi connectivity index (χ2n) is 6.64. The number of carbonyl (C=O) groups excluding carboxylic acids is 1. The van der Waals surface area contributed by atoms with Crippen molar-refractivity contribution in [3.05, 3.63) is 65.5 Å². The van der Waals surface area contributed by atoms with E-state index in [9.17, 15) is 4.79 Å². The molecule has 1 unspecified atom stereocenters. The summed E-state index contributed by atoms with van der Waals surface area (Å²) >= 11 is 1.59. The maximum absolute atomic E-state index is 13.0. The molecule has 1 saturated heterocycles.